The van der Waals surface area contributed by atoms with Crippen LogP contribution in [0, 0.1) is 0 Å². The quantitative estimate of drug-likeness (QED) is 0.627. The van der Waals surface area contributed by atoms with Crippen LogP contribution in [0.1, 0.15) is 11.7 Å². The van der Waals surface area contributed by atoms with Crippen LogP contribution in [0.4, 0.5) is 0 Å². The van der Waals surface area contributed by atoms with Crippen molar-refractivity contribution in [2.45, 2.75) is 6.04 Å². The van der Waals surface area contributed by atoms with Crippen LogP contribution in [0.5, 0.6) is 0 Å². The van der Waals surface area contributed by atoms with Crippen LogP contribution < -0.4 is 5.32 Å². The number of rotatable bonds is 3. The molecular formula is C7H11N3O. The Labute approximate surface area is 65.3 Å². The van der Waals surface area contributed by atoms with Crippen LogP contribution in [0.2, 0.25) is 0 Å². The predicted molar refractivity (Wildman–Crippen MR) is 40.9 cm³/mol. The first-order valence-corrected chi connectivity index (χ1v) is 3.42. The normalized spacial score (nSPS) is 12.9. The number of hydrogen-bond donors (Lipinski definition) is 2. The molecule has 0 amide bonds. The van der Waals surface area contributed by atoms with Gasteiger partial charge in [0.2, 0.25) is 0 Å². The zero-order valence-corrected chi connectivity index (χ0v) is 6.36. The van der Waals surface area contributed by atoms with Crippen molar-refractivity contribution in [1.29, 1.82) is 0 Å². The minimum absolute atomic E-state index is 0.0369. The largest absolute Gasteiger partial charge is 0.394 e. The minimum Gasteiger partial charge on any atom is -0.394 e. The average molecular weight is 153 g/mol. The number of aliphatic hydroxyl groups is 1. The van der Waals surface area contributed by atoms with E-state index in [0.717, 1.165) is 5.69 Å². The first-order chi connectivity index (χ1) is 5.38. The molecule has 0 aliphatic rings. The molecule has 0 aliphatic carbocycles. The highest BCUT2D eigenvalue weighted by Gasteiger charge is 2.07. The molecule has 1 aromatic rings. The molecule has 1 atom stereocenters. The maximum Gasteiger partial charge on any atom is 0.0779 e. The number of aromatic nitrogens is 2. The minimum atomic E-state index is -0.108. The van der Waals surface area contributed by atoms with E-state index in [9.17, 15) is 0 Å². The molecule has 0 bridgehead atoms. The van der Waals surface area contributed by atoms with Crippen LogP contribution >= 0.6 is 0 Å². The fourth-order valence-electron chi connectivity index (χ4n) is 0.823. The van der Waals surface area contributed by atoms with E-state index in [-0.39, 0.29) is 12.6 Å². The second-order valence-electron chi connectivity index (χ2n) is 2.15. The van der Waals surface area contributed by atoms with Crippen molar-refractivity contribution in [1.82, 2.24) is 15.3 Å². The summed E-state index contributed by atoms with van der Waals surface area (Å²) in [6.07, 6.45) is 4.85. The maximum atomic E-state index is 8.85. The lowest BCUT2D eigenvalue weighted by Crippen LogP contribution is -2.21. The average Bonchev–Trinajstić information content (AvgIpc) is 2.09. The highest BCUT2D eigenvalue weighted by atomic mass is 16.3. The van der Waals surface area contributed by atoms with Gasteiger partial charge in [-0.1, -0.05) is 0 Å². The first kappa shape index (κ1) is 8.10. The van der Waals surface area contributed by atoms with Gasteiger partial charge < -0.3 is 10.4 Å². The lowest BCUT2D eigenvalue weighted by atomic mass is 10.2. The monoisotopic (exact) mass is 153 g/mol. The molecule has 0 saturated heterocycles. The van der Waals surface area contributed by atoms with Crippen molar-refractivity contribution in [2.75, 3.05) is 13.7 Å². The van der Waals surface area contributed by atoms with Crippen molar-refractivity contribution in [3.63, 3.8) is 0 Å². The smallest absolute Gasteiger partial charge is 0.0779 e. The Balaban J connectivity index is 2.74. The summed E-state index contributed by atoms with van der Waals surface area (Å²) < 4.78 is 0. The van der Waals surface area contributed by atoms with Gasteiger partial charge in [-0.25, -0.2) is 0 Å². The van der Waals surface area contributed by atoms with Crippen LogP contribution in [0.15, 0.2) is 18.6 Å². The zero-order chi connectivity index (χ0) is 8.10. The van der Waals surface area contributed by atoms with Crippen LogP contribution in [0.25, 0.3) is 0 Å². The molecular weight excluding hydrogens is 142 g/mol. The Hall–Kier alpha value is -1.00. The summed E-state index contributed by atoms with van der Waals surface area (Å²) in [6.45, 7) is 0.0369. The highest BCUT2D eigenvalue weighted by Crippen LogP contribution is 2.04. The van der Waals surface area contributed by atoms with E-state index in [1.165, 1.54) is 0 Å². The second kappa shape index (κ2) is 4.00. The standard InChI is InChI=1S/C7H11N3O/c1-8-7(5-11)6-4-9-2-3-10-6/h2-4,7-8,11H,5H2,1H3/t7-/m0/s1. The molecule has 0 radical (unpaired) electrons. The molecule has 0 unspecified atom stereocenters. The van der Waals surface area contributed by atoms with E-state index in [1.54, 1.807) is 25.6 Å². The van der Waals surface area contributed by atoms with Gasteiger partial charge in [-0.15, -0.1) is 0 Å². The summed E-state index contributed by atoms with van der Waals surface area (Å²) in [4.78, 5) is 7.92. The van der Waals surface area contributed by atoms with Gasteiger partial charge in [0.1, 0.15) is 0 Å². The Bertz CT molecular complexity index is 198. The molecule has 1 heterocycles. The molecule has 4 nitrogen and oxygen atoms in total. The van der Waals surface area contributed by atoms with Crippen LogP contribution in [-0.4, -0.2) is 28.7 Å². The summed E-state index contributed by atoms with van der Waals surface area (Å²) in [5.74, 6) is 0. The van der Waals surface area contributed by atoms with Crippen molar-refractivity contribution >= 4 is 0 Å². The van der Waals surface area contributed by atoms with Gasteiger partial charge in [0, 0.05) is 12.4 Å². The Morgan fingerprint density at radius 1 is 1.64 bits per heavy atom. The third kappa shape index (κ3) is 1.96. The highest BCUT2D eigenvalue weighted by molar-refractivity contribution is 5.01. The molecule has 1 aromatic heterocycles. The van der Waals surface area contributed by atoms with Gasteiger partial charge >= 0.3 is 0 Å². The van der Waals surface area contributed by atoms with Gasteiger partial charge in [-0.2, -0.15) is 0 Å². The van der Waals surface area contributed by atoms with Gasteiger partial charge in [0.05, 0.1) is 24.5 Å². The second-order valence-corrected chi connectivity index (χ2v) is 2.15. The molecule has 0 aliphatic heterocycles. The lowest BCUT2D eigenvalue weighted by Gasteiger charge is -2.10. The maximum absolute atomic E-state index is 8.85. The van der Waals surface area contributed by atoms with Gasteiger partial charge in [0.15, 0.2) is 0 Å². The van der Waals surface area contributed by atoms with E-state index in [4.69, 9.17) is 5.11 Å². The van der Waals surface area contributed by atoms with Crippen LogP contribution in [-0.2, 0) is 0 Å². The first-order valence-electron chi connectivity index (χ1n) is 3.42. The molecule has 0 saturated carbocycles. The summed E-state index contributed by atoms with van der Waals surface area (Å²) >= 11 is 0. The molecule has 60 valence electrons. The molecule has 0 fully saturated rings. The van der Waals surface area contributed by atoms with E-state index in [2.05, 4.69) is 15.3 Å². The molecule has 0 spiro atoms. The molecule has 2 N–H and O–H groups in total. The topological polar surface area (TPSA) is 58.0 Å². The number of nitrogens with one attached hydrogen (secondary N) is 1. The number of hydrogen-bond acceptors (Lipinski definition) is 4. The summed E-state index contributed by atoms with van der Waals surface area (Å²) in [6, 6.07) is -0.108. The SMILES string of the molecule is CN[C@@H](CO)c1cnccn1. The Morgan fingerprint density at radius 3 is 2.91 bits per heavy atom. The van der Waals surface area contributed by atoms with Gasteiger partial charge in [-0.3, -0.25) is 9.97 Å². The zero-order valence-electron chi connectivity index (χ0n) is 6.36. The fourth-order valence-corrected chi connectivity index (χ4v) is 0.823. The van der Waals surface area contributed by atoms with Crippen molar-refractivity contribution < 1.29 is 5.11 Å². The number of aliphatic hydroxyl groups excluding tert-OH is 1. The summed E-state index contributed by atoms with van der Waals surface area (Å²) in [5.41, 5.74) is 0.762. The van der Waals surface area contributed by atoms with Crippen molar-refractivity contribution in [3.8, 4) is 0 Å². The molecule has 4 heteroatoms. The van der Waals surface area contributed by atoms with Gasteiger partial charge in [-0.05, 0) is 7.05 Å². The van der Waals surface area contributed by atoms with Crippen LogP contribution in [0.3, 0.4) is 0 Å². The summed E-state index contributed by atoms with van der Waals surface area (Å²) in [5, 5.41) is 11.8. The van der Waals surface area contributed by atoms with Gasteiger partial charge in [0.25, 0.3) is 0 Å². The van der Waals surface area contributed by atoms with Crippen molar-refractivity contribution in [2.24, 2.45) is 0 Å². The molecule has 1 rings (SSSR count). The number of likely N-dealkylation sites (N-methyl/N-ethyl adjacent to an activating group) is 1. The van der Waals surface area contributed by atoms with E-state index in [0.29, 0.717) is 0 Å². The summed E-state index contributed by atoms with van der Waals surface area (Å²) in [7, 11) is 1.77. The fraction of sp³-hybridized carbons (Fsp3) is 0.429. The lowest BCUT2D eigenvalue weighted by molar-refractivity contribution is 0.248. The molecule has 11 heavy (non-hydrogen) atoms. The Kier molecular flexibility index (Phi) is 2.95. The van der Waals surface area contributed by atoms with E-state index in [1.807, 2.05) is 0 Å². The van der Waals surface area contributed by atoms with E-state index >= 15 is 0 Å². The third-order valence-electron chi connectivity index (χ3n) is 1.47. The third-order valence-corrected chi connectivity index (χ3v) is 1.47. The molecule has 0 aromatic carbocycles. The van der Waals surface area contributed by atoms with E-state index < -0.39 is 0 Å². The number of nitrogens with zero attached hydrogens (tertiary/aromatic N) is 2. The Morgan fingerprint density at radius 2 is 2.45 bits per heavy atom. The van der Waals surface area contributed by atoms with Crippen molar-refractivity contribution in [3.05, 3.63) is 24.3 Å². The predicted octanol–water partition coefficient (Wildman–Crippen LogP) is -0.271.